The normalized spacial score (nSPS) is 41.1. The van der Waals surface area contributed by atoms with Crippen molar-refractivity contribution < 1.29 is 24.0 Å². The summed E-state index contributed by atoms with van der Waals surface area (Å²) in [6, 6.07) is 0. The zero-order valence-corrected chi connectivity index (χ0v) is 17.9. The molecule has 0 spiro atoms. The summed E-state index contributed by atoms with van der Waals surface area (Å²) in [5, 5.41) is 11.9. The third kappa shape index (κ3) is 4.03. The first kappa shape index (κ1) is 22.9. The second-order valence-corrected chi connectivity index (χ2v) is 8.95. The molecule has 8 nitrogen and oxygen atoms in total. The summed E-state index contributed by atoms with van der Waals surface area (Å²) in [4.78, 5) is 49.7. The standard InChI is InChI=1S/C21H30N2O6/c1-11-7-12(2)16(24)14(4)9-21(23(27)28)10-15(5)18(21)29-19(26)20(6,22)17(25)13(3)8-11/h9-13,18H,7-8,22H2,1-6H3/b14-9-/t11-,12+,13+,18+,20-,21+/m0/s1. The number of Topliss-reactive ketones (excluding diaryl/α,β-unsaturated/α-hetero) is 2. The number of nitrogens with zero attached hydrogens (tertiary/aromatic N) is 1. The van der Waals surface area contributed by atoms with E-state index >= 15 is 0 Å². The monoisotopic (exact) mass is 406 g/mol. The van der Waals surface area contributed by atoms with Crippen LogP contribution in [0.1, 0.15) is 54.4 Å². The van der Waals surface area contributed by atoms with Gasteiger partial charge in [0.05, 0.1) is 0 Å². The molecular weight excluding hydrogens is 376 g/mol. The van der Waals surface area contributed by atoms with Crippen LogP contribution in [0.5, 0.6) is 0 Å². The van der Waals surface area contributed by atoms with Gasteiger partial charge in [0, 0.05) is 28.9 Å². The van der Waals surface area contributed by atoms with E-state index < -0.39 is 39.8 Å². The number of rotatable bonds is 1. The molecule has 29 heavy (non-hydrogen) atoms. The number of nitro groups is 1. The molecule has 0 saturated heterocycles. The first-order valence-electron chi connectivity index (χ1n) is 9.85. The van der Waals surface area contributed by atoms with Gasteiger partial charge >= 0.3 is 5.97 Å². The lowest BCUT2D eigenvalue weighted by molar-refractivity contribution is -0.556. The lowest BCUT2D eigenvalue weighted by Gasteiger charge is -2.38. The molecule has 0 saturated carbocycles. The largest absolute Gasteiger partial charge is 0.448 e. The Morgan fingerprint density at radius 3 is 2.17 bits per heavy atom. The Hall–Kier alpha value is -2.35. The number of allylic oxidation sites excluding steroid dienone is 1. The van der Waals surface area contributed by atoms with Gasteiger partial charge in [-0.25, -0.2) is 4.79 Å². The van der Waals surface area contributed by atoms with Crippen LogP contribution in [0.15, 0.2) is 23.3 Å². The minimum atomic E-state index is -1.92. The Morgan fingerprint density at radius 1 is 1.10 bits per heavy atom. The zero-order valence-electron chi connectivity index (χ0n) is 17.9. The Balaban J connectivity index is 2.57. The fraction of sp³-hybridized carbons (Fsp3) is 0.667. The highest BCUT2D eigenvalue weighted by Crippen LogP contribution is 2.40. The molecule has 1 aliphatic carbocycles. The molecule has 1 aliphatic heterocycles. The highest BCUT2D eigenvalue weighted by atomic mass is 16.6. The first-order valence-corrected chi connectivity index (χ1v) is 9.85. The summed E-state index contributed by atoms with van der Waals surface area (Å²) in [6.07, 6.45) is 2.39. The molecule has 1 heterocycles. The first-order chi connectivity index (χ1) is 13.2. The van der Waals surface area contributed by atoms with Gasteiger partial charge in [-0.3, -0.25) is 19.7 Å². The molecule has 0 bridgehead atoms. The maximum atomic E-state index is 12.8. The molecule has 0 aromatic carbocycles. The van der Waals surface area contributed by atoms with E-state index in [1.54, 1.807) is 27.7 Å². The molecule has 0 amide bonds. The van der Waals surface area contributed by atoms with E-state index in [9.17, 15) is 24.5 Å². The van der Waals surface area contributed by atoms with Gasteiger partial charge in [-0.05, 0) is 50.7 Å². The third-order valence-electron chi connectivity index (χ3n) is 6.01. The highest BCUT2D eigenvalue weighted by Gasteiger charge is 2.59. The van der Waals surface area contributed by atoms with Gasteiger partial charge in [0.15, 0.2) is 17.1 Å². The van der Waals surface area contributed by atoms with Crippen LogP contribution in [-0.2, 0) is 19.1 Å². The smallest absolute Gasteiger partial charge is 0.334 e. The predicted molar refractivity (Wildman–Crippen MR) is 106 cm³/mol. The van der Waals surface area contributed by atoms with Crippen LogP contribution < -0.4 is 5.73 Å². The van der Waals surface area contributed by atoms with E-state index in [1.807, 2.05) is 6.92 Å². The Morgan fingerprint density at radius 2 is 1.66 bits per heavy atom. The minimum absolute atomic E-state index is 0.0264. The van der Waals surface area contributed by atoms with Crippen LogP contribution in [-0.4, -0.2) is 39.6 Å². The van der Waals surface area contributed by atoms with Gasteiger partial charge in [-0.15, -0.1) is 0 Å². The van der Waals surface area contributed by atoms with E-state index in [0.717, 1.165) is 0 Å². The third-order valence-corrected chi connectivity index (χ3v) is 6.01. The number of esters is 1. The number of ether oxygens (including phenoxy) is 1. The number of carbonyl (C=O) groups is 3. The highest BCUT2D eigenvalue weighted by molar-refractivity contribution is 6.08. The fourth-order valence-corrected chi connectivity index (χ4v) is 4.46. The SMILES string of the molecule is CC1=C[C@]2([N+](=O)[O-])/C=C(/C)C(=O)[C@H](C)C[C@H](C)C[C@@H](C)C(=O)[C@](C)(N)C(=O)O[C@H]12. The van der Waals surface area contributed by atoms with Gasteiger partial charge in [0.1, 0.15) is 0 Å². The molecule has 2 N–H and O–H groups in total. The average molecular weight is 406 g/mol. The van der Waals surface area contributed by atoms with Crippen LogP contribution >= 0.6 is 0 Å². The summed E-state index contributed by atoms with van der Waals surface area (Å²) < 4.78 is 5.39. The molecular formula is C21H30N2O6. The van der Waals surface area contributed by atoms with E-state index in [2.05, 4.69) is 0 Å². The van der Waals surface area contributed by atoms with Crippen LogP contribution in [0.25, 0.3) is 0 Å². The lowest BCUT2D eigenvalue weighted by atomic mass is 9.74. The molecule has 6 atom stereocenters. The van der Waals surface area contributed by atoms with Crippen LogP contribution in [0.2, 0.25) is 0 Å². The Kier molecular flexibility index (Phi) is 6.18. The number of hydrogen-bond acceptors (Lipinski definition) is 7. The van der Waals surface area contributed by atoms with Crippen molar-refractivity contribution >= 4 is 17.5 Å². The summed E-state index contributed by atoms with van der Waals surface area (Å²) in [5.41, 5.74) is 3.00. The van der Waals surface area contributed by atoms with Crippen molar-refractivity contribution in [1.29, 1.82) is 0 Å². The van der Waals surface area contributed by atoms with Crippen LogP contribution in [0.4, 0.5) is 0 Å². The van der Waals surface area contributed by atoms with Crippen molar-refractivity contribution in [1.82, 2.24) is 0 Å². The number of ketones is 2. The van der Waals surface area contributed by atoms with Crippen molar-refractivity contribution in [2.45, 2.75) is 71.6 Å². The summed E-state index contributed by atoms with van der Waals surface area (Å²) >= 11 is 0. The second-order valence-electron chi connectivity index (χ2n) is 8.95. The van der Waals surface area contributed by atoms with Crippen molar-refractivity contribution in [2.75, 3.05) is 0 Å². The number of hydrogen-bond donors (Lipinski definition) is 1. The minimum Gasteiger partial charge on any atom is -0.448 e. The average Bonchev–Trinajstić information content (AvgIpc) is 2.62. The van der Waals surface area contributed by atoms with Crippen LogP contribution in [0, 0.1) is 27.9 Å². The van der Waals surface area contributed by atoms with E-state index in [0.29, 0.717) is 18.4 Å². The van der Waals surface area contributed by atoms with Gasteiger partial charge in [0.2, 0.25) is 6.10 Å². The number of carbonyl (C=O) groups excluding carboxylic acids is 3. The summed E-state index contributed by atoms with van der Waals surface area (Å²) in [5.74, 6) is -2.53. The predicted octanol–water partition coefficient (Wildman–Crippen LogP) is 2.38. The molecule has 0 aromatic rings. The van der Waals surface area contributed by atoms with E-state index in [4.69, 9.17) is 10.5 Å². The van der Waals surface area contributed by atoms with E-state index in [1.165, 1.54) is 19.1 Å². The lowest BCUT2D eigenvalue weighted by Crippen LogP contribution is -2.61. The Labute approximate surface area is 170 Å². The van der Waals surface area contributed by atoms with Gasteiger partial charge in [0.25, 0.3) is 5.54 Å². The van der Waals surface area contributed by atoms with Gasteiger partial charge in [-0.2, -0.15) is 0 Å². The second kappa shape index (κ2) is 7.82. The Bertz CT molecular complexity index is 812. The summed E-state index contributed by atoms with van der Waals surface area (Å²) in [7, 11) is 0. The molecule has 0 aromatic heterocycles. The molecule has 0 fully saturated rings. The number of fused-ring (bicyclic) bond motifs is 1. The van der Waals surface area contributed by atoms with Crippen molar-refractivity contribution in [2.24, 2.45) is 23.5 Å². The molecule has 8 heteroatoms. The van der Waals surface area contributed by atoms with Gasteiger partial charge in [-0.1, -0.05) is 20.8 Å². The number of nitrogens with two attached hydrogens (primary N) is 1. The summed E-state index contributed by atoms with van der Waals surface area (Å²) in [6.45, 7) is 9.81. The fourth-order valence-electron chi connectivity index (χ4n) is 4.46. The molecule has 160 valence electrons. The zero-order chi connectivity index (χ0) is 22.3. The maximum absolute atomic E-state index is 12.8. The molecule has 0 unspecified atom stereocenters. The topological polar surface area (TPSA) is 130 Å². The quantitative estimate of drug-likeness (QED) is 0.233. The molecule has 0 radical (unpaired) electrons. The van der Waals surface area contributed by atoms with Crippen molar-refractivity contribution in [3.8, 4) is 0 Å². The van der Waals surface area contributed by atoms with Gasteiger partial charge < -0.3 is 10.5 Å². The molecule has 2 rings (SSSR count). The maximum Gasteiger partial charge on any atom is 0.334 e. The van der Waals surface area contributed by atoms with Crippen LogP contribution in [0.3, 0.4) is 0 Å². The molecule has 2 aliphatic rings. The van der Waals surface area contributed by atoms with Crippen molar-refractivity contribution in [3.05, 3.63) is 33.4 Å². The van der Waals surface area contributed by atoms with E-state index in [-0.39, 0.29) is 23.2 Å². The van der Waals surface area contributed by atoms with Crippen molar-refractivity contribution in [3.63, 3.8) is 0 Å².